The first-order valence-corrected chi connectivity index (χ1v) is 20.4. The summed E-state index contributed by atoms with van der Waals surface area (Å²) in [5, 5.41) is 20.5. The van der Waals surface area contributed by atoms with Crippen LogP contribution in [0.1, 0.15) is 105 Å². The van der Waals surface area contributed by atoms with Crippen LogP contribution < -0.4 is 21.7 Å². The molecule has 14 heteroatoms. The Labute approximate surface area is 326 Å². The van der Waals surface area contributed by atoms with Crippen molar-refractivity contribution in [3.8, 4) is 0 Å². The summed E-state index contributed by atoms with van der Waals surface area (Å²) in [6.45, 7) is 13.0. The zero-order valence-corrected chi connectivity index (χ0v) is 33.7. The fraction of sp³-hybridized carbons (Fsp3) is 0.707. The second-order valence-electron chi connectivity index (χ2n) is 16.6. The van der Waals surface area contributed by atoms with Gasteiger partial charge in [-0.25, -0.2) is 4.79 Å². The van der Waals surface area contributed by atoms with Crippen LogP contribution in [0.3, 0.4) is 0 Å². The van der Waals surface area contributed by atoms with Crippen molar-refractivity contribution in [2.24, 2.45) is 29.4 Å². The summed E-state index contributed by atoms with van der Waals surface area (Å²) in [7, 11) is 0. The molecule has 3 saturated heterocycles. The summed E-state index contributed by atoms with van der Waals surface area (Å²) in [5.41, 5.74) is 6.56. The summed E-state index contributed by atoms with van der Waals surface area (Å²) in [6.07, 6.45) is 3.82. The Morgan fingerprint density at radius 3 is 2.02 bits per heavy atom. The Balaban J connectivity index is 1.44. The van der Waals surface area contributed by atoms with E-state index in [0.29, 0.717) is 71.1 Å². The van der Waals surface area contributed by atoms with Gasteiger partial charge in [0, 0.05) is 32.2 Å². The molecule has 3 aliphatic heterocycles. The van der Waals surface area contributed by atoms with E-state index in [9.17, 15) is 33.9 Å². The molecule has 0 saturated carbocycles. The topological polar surface area (TPSA) is 194 Å². The first kappa shape index (κ1) is 43.5. The standard InChI is InChI=1S/C41H65N7O7/c1-7-27(6)35(38(52)44-34(26(4)5)40(54)48-21-13-18-32(48)39(53)47-20-12-17-31(47)36(42)50)45-37(51)30(22-25(2)3)33(49)23-29-16-11-19-46(29)41(55)43-24-28-14-9-8-10-15-28/h8-10,14-15,25-27,29-35,49H,7,11-13,16-24H2,1-6H3,(H2,42,50)(H,43,55)(H,44,52)(H,45,51)/t27-,29-,30-,31-,32-,33-,34-,35-/m1/s1. The number of amides is 7. The average molecular weight is 768 g/mol. The highest BCUT2D eigenvalue weighted by atomic mass is 16.3. The lowest BCUT2D eigenvalue weighted by atomic mass is 9.86. The van der Waals surface area contributed by atoms with Crippen LogP contribution in [0.25, 0.3) is 0 Å². The van der Waals surface area contributed by atoms with E-state index in [2.05, 4.69) is 16.0 Å². The van der Waals surface area contributed by atoms with Gasteiger partial charge in [0.2, 0.25) is 29.5 Å². The fourth-order valence-corrected chi connectivity index (χ4v) is 8.32. The molecule has 0 unspecified atom stereocenters. The van der Waals surface area contributed by atoms with E-state index < -0.39 is 53.9 Å². The summed E-state index contributed by atoms with van der Waals surface area (Å²) >= 11 is 0. The fourth-order valence-electron chi connectivity index (χ4n) is 8.32. The molecule has 3 heterocycles. The van der Waals surface area contributed by atoms with Crippen LogP contribution >= 0.6 is 0 Å². The van der Waals surface area contributed by atoms with Gasteiger partial charge in [0.15, 0.2) is 0 Å². The van der Waals surface area contributed by atoms with Gasteiger partial charge in [-0.15, -0.1) is 0 Å². The second kappa shape index (κ2) is 20.1. The second-order valence-corrected chi connectivity index (χ2v) is 16.6. The van der Waals surface area contributed by atoms with Crippen LogP contribution in [0.4, 0.5) is 4.79 Å². The molecule has 0 aliphatic carbocycles. The third kappa shape index (κ3) is 11.2. The van der Waals surface area contributed by atoms with Crippen molar-refractivity contribution in [2.45, 2.75) is 142 Å². The predicted octanol–water partition coefficient (Wildman–Crippen LogP) is 2.91. The molecule has 14 nitrogen and oxygen atoms in total. The first-order chi connectivity index (χ1) is 26.1. The minimum atomic E-state index is -1.06. The highest BCUT2D eigenvalue weighted by Gasteiger charge is 2.44. The number of likely N-dealkylation sites (tertiary alicyclic amines) is 3. The van der Waals surface area contributed by atoms with Crippen molar-refractivity contribution in [2.75, 3.05) is 19.6 Å². The Kier molecular flexibility index (Phi) is 15.9. The number of carbonyl (C=O) groups excluding carboxylic acids is 6. The number of hydrogen-bond acceptors (Lipinski definition) is 7. The van der Waals surface area contributed by atoms with E-state index in [4.69, 9.17) is 5.73 Å². The van der Waals surface area contributed by atoms with E-state index in [0.717, 1.165) is 12.0 Å². The third-order valence-electron chi connectivity index (χ3n) is 11.7. The minimum absolute atomic E-state index is 0.0630. The number of carbonyl (C=O) groups is 6. The molecule has 306 valence electrons. The number of nitrogens with one attached hydrogen (secondary N) is 3. The van der Waals surface area contributed by atoms with Gasteiger partial charge in [-0.3, -0.25) is 24.0 Å². The quantitative estimate of drug-likeness (QED) is 0.161. The van der Waals surface area contributed by atoms with Crippen molar-refractivity contribution in [1.82, 2.24) is 30.7 Å². The summed E-state index contributed by atoms with van der Waals surface area (Å²) < 4.78 is 0. The lowest BCUT2D eigenvalue weighted by Gasteiger charge is -2.35. The molecule has 0 aromatic heterocycles. The van der Waals surface area contributed by atoms with Gasteiger partial charge in [0.1, 0.15) is 24.2 Å². The van der Waals surface area contributed by atoms with E-state index >= 15 is 0 Å². The Bertz CT molecular complexity index is 1490. The van der Waals surface area contributed by atoms with Gasteiger partial charge in [-0.05, 0) is 74.7 Å². The van der Waals surface area contributed by atoms with Crippen LogP contribution in [0.2, 0.25) is 0 Å². The zero-order valence-electron chi connectivity index (χ0n) is 33.7. The molecule has 1 aromatic rings. The van der Waals surface area contributed by atoms with Crippen molar-refractivity contribution < 1.29 is 33.9 Å². The van der Waals surface area contributed by atoms with Gasteiger partial charge in [-0.1, -0.05) is 78.3 Å². The number of hydrogen-bond donors (Lipinski definition) is 5. The van der Waals surface area contributed by atoms with Crippen molar-refractivity contribution in [3.05, 3.63) is 35.9 Å². The molecular formula is C41H65N7O7. The predicted molar refractivity (Wildman–Crippen MR) is 209 cm³/mol. The molecule has 7 amide bonds. The maximum Gasteiger partial charge on any atom is 0.317 e. The summed E-state index contributed by atoms with van der Waals surface area (Å²) in [5.74, 6) is -3.61. The van der Waals surface area contributed by atoms with E-state index in [1.54, 1.807) is 4.90 Å². The van der Waals surface area contributed by atoms with Gasteiger partial charge in [-0.2, -0.15) is 0 Å². The average Bonchev–Trinajstić information content (AvgIpc) is 3.95. The summed E-state index contributed by atoms with van der Waals surface area (Å²) in [4.78, 5) is 85.9. The van der Waals surface area contributed by atoms with Crippen molar-refractivity contribution in [3.63, 3.8) is 0 Å². The van der Waals surface area contributed by atoms with Gasteiger partial charge < -0.3 is 41.5 Å². The van der Waals surface area contributed by atoms with E-state index in [1.807, 2.05) is 71.9 Å². The first-order valence-electron chi connectivity index (χ1n) is 20.4. The molecule has 6 N–H and O–H groups in total. The Morgan fingerprint density at radius 2 is 1.40 bits per heavy atom. The molecule has 55 heavy (non-hydrogen) atoms. The lowest BCUT2D eigenvalue weighted by molar-refractivity contribution is -0.148. The number of urea groups is 1. The molecule has 3 aliphatic rings. The number of benzene rings is 1. The Morgan fingerprint density at radius 1 is 0.800 bits per heavy atom. The number of rotatable bonds is 17. The van der Waals surface area contributed by atoms with Gasteiger partial charge >= 0.3 is 6.03 Å². The minimum Gasteiger partial charge on any atom is -0.392 e. The van der Waals surface area contributed by atoms with Crippen LogP contribution in [0, 0.1) is 23.7 Å². The van der Waals surface area contributed by atoms with E-state index in [-0.39, 0.29) is 48.1 Å². The van der Waals surface area contributed by atoms with Crippen LogP contribution in [-0.4, -0.2) is 111 Å². The number of aliphatic hydroxyl groups is 1. The third-order valence-corrected chi connectivity index (χ3v) is 11.7. The van der Waals surface area contributed by atoms with Crippen molar-refractivity contribution in [1.29, 1.82) is 0 Å². The smallest absolute Gasteiger partial charge is 0.317 e. The molecule has 4 rings (SSSR count). The number of nitrogens with zero attached hydrogens (tertiary/aromatic N) is 3. The molecule has 8 atom stereocenters. The molecular weight excluding hydrogens is 702 g/mol. The number of primary amides is 1. The number of nitrogens with two attached hydrogens (primary N) is 1. The van der Waals surface area contributed by atoms with Crippen LogP contribution in [0.15, 0.2) is 30.3 Å². The molecule has 3 fully saturated rings. The number of aliphatic hydroxyl groups excluding tert-OH is 1. The monoisotopic (exact) mass is 767 g/mol. The SMILES string of the molecule is CC[C@@H](C)[C@@H](NC(=O)[C@H](CC(C)C)[C@H](O)C[C@H]1CCCN1C(=O)NCc1ccccc1)C(=O)N[C@@H](C(=O)N1CCC[C@@H]1C(=O)N1CCC[C@@H]1C(N)=O)C(C)C. The van der Waals surface area contributed by atoms with Gasteiger partial charge in [0.05, 0.1) is 12.0 Å². The maximum atomic E-state index is 14.1. The van der Waals surface area contributed by atoms with Crippen LogP contribution in [-0.2, 0) is 30.5 Å². The normalized spacial score (nSPS) is 22.6. The van der Waals surface area contributed by atoms with E-state index in [1.165, 1.54) is 9.80 Å². The zero-order chi connectivity index (χ0) is 40.4. The Hall–Kier alpha value is -4.20. The molecule has 0 bridgehead atoms. The largest absolute Gasteiger partial charge is 0.392 e. The van der Waals surface area contributed by atoms with Gasteiger partial charge in [0.25, 0.3) is 0 Å². The molecule has 0 radical (unpaired) electrons. The molecule has 1 aromatic carbocycles. The summed E-state index contributed by atoms with van der Waals surface area (Å²) in [6, 6.07) is 5.80. The highest BCUT2D eigenvalue weighted by Crippen LogP contribution is 2.28. The molecule has 0 spiro atoms. The lowest BCUT2D eigenvalue weighted by Crippen LogP contribution is -2.60. The van der Waals surface area contributed by atoms with Crippen LogP contribution in [0.5, 0.6) is 0 Å². The van der Waals surface area contributed by atoms with Crippen molar-refractivity contribution >= 4 is 35.6 Å². The highest BCUT2D eigenvalue weighted by molar-refractivity contribution is 5.96. The maximum absolute atomic E-state index is 14.1.